The molecular weight excluding hydrogens is 459 g/mol. The smallest absolute Gasteiger partial charge is 0.310 e. The molecule has 0 spiro atoms. The van der Waals surface area contributed by atoms with Gasteiger partial charge in [0.1, 0.15) is 0 Å². The third-order valence-electron chi connectivity index (χ3n) is 4.56. The van der Waals surface area contributed by atoms with Crippen molar-refractivity contribution in [3.05, 3.63) is 0 Å². The number of guanidine groups is 1. The number of halogens is 1. The highest BCUT2D eigenvalue weighted by molar-refractivity contribution is 14.0. The zero-order chi connectivity index (χ0) is 17.7. The third kappa shape index (κ3) is 5.68. The summed E-state index contributed by atoms with van der Waals surface area (Å²) >= 11 is 0. The van der Waals surface area contributed by atoms with Gasteiger partial charge in [-0.05, 0) is 19.3 Å². The monoisotopic (exact) mass is 488 g/mol. The van der Waals surface area contributed by atoms with Crippen molar-refractivity contribution in [1.82, 2.24) is 14.5 Å². The van der Waals surface area contributed by atoms with E-state index in [-0.39, 0.29) is 47.5 Å². The number of nitrogens with zero attached hydrogens (tertiary/aromatic N) is 3. The van der Waals surface area contributed by atoms with E-state index in [0.717, 1.165) is 12.5 Å². The summed E-state index contributed by atoms with van der Waals surface area (Å²) in [5.74, 6) is 0.816. The van der Waals surface area contributed by atoms with Crippen LogP contribution in [0.3, 0.4) is 0 Å². The van der Waals surface area contributed by atoms with Crippen LogP contribution in [0.2, 0.25) is 0 Å². The number of aliphatic imine (C=N–C) groups is 1. The van der Waals surface area contributed by atoms with Crippen LogP contribution in [0, 0.1) is 11.8 Å². The van der Waals surface area contributed by atoms with Gasteiger partial charge in [-0.2, -0.15) is 0 Å². The van der Waals surface area contributed by atoms with Gasteiger partial charge in [-0.25, -0.2) is 12.7 Å². The highest BCUT2D eigenvalue weighted by Crippen LogP contribution is 2.24. The van der Waals surface area contributed by atoms with Crippen LogP contribution >= 0.6 is 24.0 Å². The number of methoxy groups -OCH3 is 1. The second kappa shape index (κ2) is 9.91. The number of rotatable bonds is 5. The van der Waals surface area contributed by atoms with Gasteiger partial charge in [-0.1, -0.05) is 6.92 Å². The number of esters is 1. The largest absolute Gasteiger partial charge is 0.469 e. The van der Waals surface area contributed by atoms with E-state index in [9.17, 15) is 13.2 Å². The molecule has 146 valence electrons. The molecule has 2 rings (SSSR count). The van der Waals surface area contributed by atoms with Crippen molar-refractivity contribution >= 4 is 45.9 Å². The Kier molecular flexibility index (Phi) is 8.89. The van der Waals surface area contributed by atoms with Crippen LogP contribution < -0.4 is 5.32 Å². The number of carbonyl (C=O) groups excluding carboxylic acids is 1. The van der Waals surface area contributed by atoms with Crippen molar-refractivity contribution in [3.63, 3.8) is 0 Å². The van der Waals surface area contributed by atoms with Gasteiger partial charge in [0.15, 0.2) is 5.96 Å². The zero-order valence-electron chi connectivity index (χ0n) is 15.1. The molecule has 2 fully saturated rings. The first-order valence-electron chi connectivity index (χ1n) is 8.48. The number of hydrogen-bond acceptors (Lipinski definition) is 5. The summed E-state index contributed by atoms with van der Waals surface area (Å²) in [5.41, 5.74) is 0. The van der Waals surface area contributed by atoms with Crippen LogP contribution in [0.1, 0.15) is 20.3 Å². The SMILES string of the molecule is CCNC(=NCCN1CCCS1(=O)=O)N1CC(C)C(C(=O)OC)C1.I. The van der Waals surface area contributed by atoms with Gasteiger partial charge < -0.3 is 15.0 Å². The van der Waals surface area contributed by atoms with Gasteiger partial charge in [0.2, 0.25) is 10.0 Å². The molecule has 0 bridgehead atoms. The Morgan fingerprint density at radius 1 is 1.36 bits per heavy atom. The van der Waals surface area contributed by atoms with Crippen LogP contribution in [0.4, 0.5) is 0 Å². The van der Waals surface area contributed by atoms with E-state index in [1.54, 1.807) is 0 Å². The van der Waals surface area contributed by atoms with Gasteiger partial charge in [0.25, 0.3) is 0 Å². The Morgan fingerprint density at radius 2 is 2.08 bits per heavy atom. The predicted octanol–water partition coefficient (Wildman–Crippen LogP) is 0.346. The fourth-order valence-corrected chi connectivity index (χ4v) is 4.75. The molecule has 0 amide bonds. The average Bonchev–Trinajstić information content (AvgIpc) is 3.08. The predicted molar refractivity (Wildman–Crippen MR) is 108 cm³/mol. The van der Waals surface area contributed by atoms with Gasteiger partial charge in [-0.15, -0.1) is 24.0 Å². The molecule has 2 saturated heterocycles. The quantitative estimate of drug-likeness (QED) is 0.260. The summed E-state index contributed by atoms with van der Waals surface area (Å²) in [7, 11) is -1.67. The molecule has 2 unspecified atom stereocenters. The van der Waals surface area contributed by atoms with E-state index in [1.807, 2.05) is 18.7 Å². The van der Waals surface area contributed by atoms with Crippen molar-refractivity contribution in [2.45, 2.75) is 20.3 Å². The third-order valence-corrected chi connectivity index (χ3v) is 6.52. The topological polar surface area (TPSA) is 91.3 Å². The maximum absolute atomic E-state index is 11.8. The Hall–Kier alpha value is -0.620. The summed E-state index contributed by atoms with van der Waals surface area (Å²) in [6, 6.07) is 0. The molecule has 0 aromatic rings. The van der Waals surface area contributed by atoms with Gasteiger partial charge >= 0.3 is 5.97 Å². The highest BCUT2D eigenvalue weighted by atomic mass is 127. The van der Waals surface area contributed by atoms with Crippen LogP contribution in [-0.4, -0.2) is 81.7 Å². The first-order valence-corrected chi connectivity index (χ1v) is 10.1. The molecule has 1 N–H and O–H groups in total. The second-order valence-corrected chi connectivity index (χ2v) is 8.40. The summed E-state index contributed by atoms with van der Waals surface area (Å²) < 4.78 is 30.0. The molecular formula is C15H29IN4O4S. The molecule has 10 heteroatoms. The molecule has 0 aliphatic carbocycles. The van der Waals surface area contributed by atoms with Crippen molar-refractivity contribution in [1.29, 1.82) is 0 Å². The van der Waals surface area contributed by atoms with Gasteiger partial charge in [0.05, 0.1) is 25.3 Å². The molecule has 2 heterocycles. The van der Waals surface area contributed by atoms with E-state index in [0.29, 0.717) is 39.1 Å². The molecule has 8 nitrogen and oxygen atoms in total. The first-order chi connectivity index (χ1) is 11.4. The molecule has 25 heavy (non-hydrogen) atoms. The van der Waals surface area contributed by atoms with E-state index < -0.39 is 10.0 Å². The maximum atomic E-state index is 11.8. The van der Waals surface area contributed by atoms with E-state index in [4.69, 9.17) is 4.74 Å². The van der Waals surface area contributed by atoms with Crippen molar-refractivity contribution in [2.24, 2.45) is 16.8 Å². The van der Waals surface area contributed by atoms with Gasteiger partial charge in [0, 0.05) is 32.7 Å². The average molecular weight is 488 g/mol. The highest BCUT2D eigenvalue weighted by Gasteiger charge is 2.37. The van der Waals surface area contributed by atoms with Crippen LogP contribution in [0.15, 0.2) is 4.99 Å². The Morgan fingerprint density at radius 3 is 2.64 bits per heavy atom. The minimum atomic E-state index is -3.08. The van der Waals surface area contributed by atoms with E-state index in [2.05, 4.69) is 10.3 Å². The lowest BCUT2D eigenvalue weighted by Gasteiger charge is -2.22. The van der Waals surface area contributed by atoms with Gasteiger partial charge in [-0.3, -0.25) is 9.79 Å². The molecule has 2 aliphatic heterocycles. The number of sulfonamides is 1. The zero-order valence-corrected chi connectivity index (χ0v) is 18.2. The Balaban J connectivity index is 0.00000312. The second-order valence-electron chi connectivity index (χ2n) is 6.32. The van der Waals surface area contributed by atoms with Crippen molar-refractivity contribution in [3.8, 4) is 0 Å². The van der Waals surface area contributed by atoms with Crippen molar-refractivity contribution < 1.29 is 17.9 Å². The van der Waals surface area contributed by atoms with Crippen molar-refractivity contribution in [2.75, 3.05) is 52.1 Å². The number of likely N-dealkylation sites (tertiary alicyclic amines) is 1. The van der Waals surface area contributed by atoms with E-state index >= 15 is 0 Å². The standard InChI is InChI=1S/C15H28N4O4S.HI/c1-4-16-15(17-6-8-19-7-5-9-24(19,21)22)18-10-12(2)13(11-18)14(20)23-3;/h12-13H,4-11H2,1-3H3,(H,16,17);1H. The maximum Gasteiger partial charge on any atom is 0.310 e. The molecule has 2 aliphatic rings. The molecule has 2 atom stereocenters. The van der Waals surface area contributed by atoms with Crippen LogP contribution in [0.5, 0.6) is 0 Å². The summed E-state index contributed by atoms with van der Waals surface area (Å²) in [4.78, 5) is 18.4. The number of ether oxygens (including phenoxy) is 1. The molecule has 0 radical (unpaired) electrons. The Bertz CT molecular complexity index is 584. The normalized spacial score (nSPS) is 26.4. The molecule has 0 saturated carbocycles. The first kappa shape index (κ1) is 22.4. The number of nitrogens with one attached hydrogen (secondary N) is 1. The lowest BCUT2D eigenvalue weighted by atomic mass is 9.99. The molecule has 0 aromatic heterocycles. The fourth-order valence-electron chi connectivity index (χ4n) is 3.23. The lowest BCUT2D eigenvalue weighted by molar-refractivity contribution is -0.145. The lowest BCUT2D eigenvalue weighted by Crippen LogP contribution is -2.41. The summed E-state index contributed by atoms with van der Waals surface area (Å²) in [6.07, 6.45) is 0.691. The minimum Gasteiger partial charge on any atom is -0.469 e. The van der Waals surface area contributed by atoms with E-state index in [1.165, 1.54) is 11.4 Å². The molecule has 0 aromatic carbocycles. The number of carbonyl (C=O) groups is 1. The number of hydrogen-bond donors (Lipinski definition) is 1. The fraction of sp³-hybridized carbons (Fsp3) is 0.867. The summed E-state index contributed by atoms with van der Waals surface area (Å²) in [6.45, 7) is 7.43. The van der Waals surface area contributed by atoms with Crippen LogP contribution in [0.25, 0.3) is 0 Å². The Labute approximate surface area is 167 Å². The van der Waals surface area contributed by atoms with Crippen LogP contribution in [-0.2, 0) is 19.6 Å². The summed E-state index contributed by atoms with van der Waals surface area (Å²) in [5, 5.41) is 3.22. The minimum absolute atomic E-state index is 0.